The third kappa shape index (κ3) is 3.97. The van der Waals surface area contributed by atoms with Crippen LogP contribution >= 0.6 is 0 Å². The minimum atomic E-state index is 0.736. The highest BCUT2D eigenvalue weighted by Crippen LogP contribution is 2.32. The van der Waals surface area contributed by atoms with Gasteiger partial charge in [-0.3, -0.25) is 9.80 Å². The number of anilines is 1. The fourth-order valence-electron chi connectivity index (χ4n) is 6.13. The van der Waals surface area contributed by atoms with Crippen molar-refractivity contribution in [3.63, 3.8) is 0 Å². The zero-order valence-electron chi connectivity index (χ0n) is 20.1. The highest BCUT2D eigenvalue weighted by Gasteiger charge is 2.30. The van der Waals surface area contributed by atoms with E-state index in [1.54, 1.807) is 0 Å². The van der Waals surface area contributed by atoms with Gasteiger partial charge in [-0.25, -0.2) is 9.97 Å². The predicted molar refractivity (Wildman–Crippen MR) is 140 cm³/mol. The summed E-state index contributed by atoms with van der Waals surface area (Å²) in [5, 5.41) is 2.30. The van der Waals surface area contributed by atoms with E-state index in [1.165, 1.54) is 38.0 Å². The normalized spacial score (nSPS) is 21.7. The molecule has 5 heterocycles. The summed E-state index contributed by atoms with van der Waals surface area (Å²) < 4.78 is 5.65. The lowest BCUT2D eigenvalue weighted by atomic mass is 10.1. The molecule has 7 rings (SSSR count). The molecule has 2 aromatic heterocycles. The van der Waals surface area contributed by atoms with Crippen molar-refractivity contribution in [3.05, 3.63) is 54.2 Å². The van der Waals surface area contributed by atoms with Crippen molar-refractivity contribution in [1.82, 2.24) is 24.8 Å². The number of hydrogen-bond acceptors (Lipinski definition) is 6. The van der Waals surface area contributed by atoms with Gasteiger partial charge < -0.3 is 14.6 Å². The van der Waals surface area contributed by atoms with E-state index in [-0.39, 0.29) is 0 Å². The number of H-pyrrole nitrogens is 1. The van der Waals surface area contributed by atoms with E-state index in [1.807, 2.05) is 6.20 Å². The van der Waals surface area contributed by atoms with E-state index in [4.69, 9.17) is 14.7 Å². The molecule has 35 heavy (non-hydrogen) atoms. The minimum absolute atomic E-state index is 0.736. The van der Waals surface area contributed by atoms with E-state index < -0.39 is 0 Å². The van der Waals surface area contributed by atoms with E-state index in [0.717, 1.165) is 84.4 Å². The van der Waals surface area contributed by atoms with Crippen LogP contribution in [0.5, 0.6) is 0 Å². The van der Waals surface area contributed by atoms with Crippen LogP contribution in [-0.2, 0) is 11.3 Å². The Kier molecular flexibility index (Phi) is 5.41. The Hall–Kier alpha value is -3.00. The molecular formula is C28H32N6O. The summed E-state index contributed by atoms with van der Waals surface area (Å²) in [7, 11) is 0. The van der Waals surface area contributed by atoms with E-state index in [0.29, 0.717) is 0 Å². The number of piperazine rings is 1. The number of nitrogens with zero attached hydrogens (tertiary/aromatic N) is 5. The maximum absolute atomic E-state index is 5.65. The first-order valence-corrected chi connectivity index (χ1v) is 13.0. The van der Waals surface area contributed by atoms with Gasteiger partial charge in [0.25, 0.3) is 0 Å². The van der Waals surface area contributed by atoms with Crippen LogP contribution < -0.4 is 4.90 Å². The highest BCUT2D eigenvalue weighted by molar-refractivity contribution is 5.97. The largest absolute Gasteiger partial charge is 0.378 e. The van der Waals surface area contributed by atoms with Crippen LogP contribution in [0.15, 0.2) is 48.7 Å². The Morgan fingerprint density at radius 1 is 0.943 bits per heavy atom. The number of hydrogen-bond donors (Lipinski definition) is 1. The lowest BCUT2D eigenvalue weighted by molar-refractivity contribution is 0.0994. The Balaban J connectivity index is 1.27. The van der Waals surface area contributed by atoms with Gasteiger partial charge in [0.15, 0.2) is 5.82 Å². The number of aromatic amines is 1. The summed E-state index contributed by atoms with van der Waals surface area (Å²) in [5.74, 6) is 1.82. The van der Waals surface area contributed by atoms with E-state index in [2.05, 4.69) is 62.1 Å². The lowest BCUT2D eigenvalue weighted by Gasteiger charge is -2.37. The third-order valence-electron chi connectivity index (χ3n) is 7.96. The topological polar surface area (TPSA) is 60.5 Å². The first kappa shape index (κ1) is 21.3. The SMILES string of the molecule is c1cc(-c2nc(N3CCOCC3)c3cc(CN4CCN5CCC[C@H]5C4)ccc3n2)c2cc[nH]c2c1. The second-order valence-corrected chi connectivity index (χ2v) is 10.1. The molecule has 0 spiro atoms. The fraction of sp³-hybridized carbons (Fsp3) is 0.429. The lowest BCUT2D eigenvalue weighted by Crippen LogP contribution is -2.49. The van der Waals surface area contributed by atoms with Crippen LogP contribution in [0.25, 0.3) is 33.2 Å². The van der Waals surface area contributed by atoms with Gasteiger partial charge in [-0.2, -0.15) is 0 Å². The van der Waals surface area contributed by atoms with Crippen LogP contribution in [0.2, 0.25) is 0 Å². The number of benzene rings is 2. The molecule has 0 unspecified atom stereocenters. The molecule has 1 N–H and O–H groups in total. The average Bonchev–Trinajstić information content (AvgIpc) is 3.58. The number of ether oxygens (including phenoxy) is 1. The summed E-state index contributed by atoms with van der Waals surface area (Å²) in [6, 6.07) is 15.9. The second-order valence-electron chi connectivity index (χ2n) is 10.1. The number of fused-ring (bicyclic) bond motifs is 3. The second kappa shape index (κ2) is 8.90. The van der Waals surface area contributed by atoms with Gasteiger partial charge >= 0.3 is 0 Å². The molecule has 3 saturated heterocycles. The standard InChI is InChI=1S/C28H32N6O/c1-4-23(22-8-9-29-25(22)5-1)27-30-26-7-6-20(18-32-11-12-33-10-2-3-21(33)19-32)17-24(26)28(31-27)34-13-15-35-16-14-34/h1,4-9,17,21,29H,2-3,10-16,18-19H2/t21-/m0/s1. The molecule has 0 bridgehead atoms. The minimum Gasteiger partial charge on any atom is -0.378 e. The summed E-state index contributed by atoms with van der Waals surface area (Å²) in [5.41, 5.74) is 4.53. The van der Waals surface area contributed by atoms with Gasteiger partial charge in [0.2, 0.25) is 0 Å². The monoisotopic (exact) mass is 468 g/mol. The molecule has 2 aromatic carbocycles. The zero-order valence-corrected chi connectivity index (χ0v) is 20.1. The van der Waals surface area contributed by atoms with Crippen LogP contribution in [0.1, 0.15) is 18.4 Å². The molecule has 3 aliphatic heterocycles. The van der Waals surface area contributed by atoms with Crippen molar-refractivity contribution in [3.8, 4) is 11.4 Å². The zero-order chi connectivity index (χ0) is 23.2. The van der Waals surface area contributed by atoms with Gasteiger partial charge in [-0.15, -0.1) is 0 Å². The van der Waals surface area contributed by atoms with Crippen LogP contribution in [0, 0.1) is 0 Å². The Morgan fingerprint density at radius 2 is 1.89 bits per heavy atom. The van der Waals surface area contributed by atoms with Crippen molar-refractivity contribution in [2.24, 2.45) is 0 Å². The van der Waals surface area contributed by atoms with Gasteiger partial charge in [0, 0.05) is 73.4 Å². The first-order valence-electron chi connectivity index (χ1n) is 13.0. The molecule has 7 heteroatoms. The summed E-state index contributed by atoms with van der Waals surface area (Å²) in [4.78, 5) is 21.2. The van der Waals surface area contributed by atoms with Crippen molar-refractivity contribution in [1.29, 1.82) is 0 Å². The molecule has 1 atom stereocenters. The number of rotatable bonds is 4. The van der Waals surface area contributed by atoms with Gasteiger partial charge in [0.05, 0.1) is 18.7 Å². The van der Waals surface area contributed by atoms with E-state index >= 15 is 0 Å². The quantitative estimate of drug-likeness (QED) is 0.490. The Morgan fingerprint density at radius 3 is 2.83 bits per heavy atom. The maximum atomic E-state index is 5.65. The molecule has 0 amide bonds. The number of nitrogens with one attached hydrogen (secondary N) is 1. The summed E-state index contributed by atoms with van der Waals surface area (Å²) >= 11 is 0. The molecule has 0 radical (unpaired) electrons. The Labute approximate surface area is 205 Å². The molecule has 0 aliphatic carbocycles. The van der Waals surface area contributed by atoms with Crippen LogP contribution in [0.3, 0.4) is 0 Å². The predicted octanol–water partition coefficient (Wildman–Crippen LogP) is 3.89. The van der Waals surface area contributed by atoms with Gasteiger partial charge in [0.1, 0.15) is 5.82 Å². The third-order valence-corrected chi connectivity index (χ3v) is 7.96. The molecule has 7 nitrogen and oxygen atoms in total. The average molecular weight is 469 g/mol. The molecule has 180 valence electrons. The van der Waals surface area contributed by atoms with Crippen molar-refractivity contribution >= 4 is 27.6 Å². The first-order chi connectivity index (χ1) is 17.3. The fourth-order valence-corrected chi connectivity index (χ4v) is 6.13. The van der Waals surface area contributed by atoms with Crippen LogP contribution in [-0.4, -0.2) is 83.3 Å². The number of morpholine rings is 1. The van der Waals surface area contributed by atoms with Crippen molar-refractivity contribution in [2.45, 2.75) is 25.4 Å². The Bertz CT molecular complexity index is 1360. The molecule has 0 saturated carbocycles. The maximum Gasteiger partial charge on any atom is 0.162 e. The highest BCUT2D eigenvalue weighted by atomic mass is 16.5. The van der Waals surface area contributed by atoms with Crippen LogP contribution in [0.4, 0.5) is 5.82 Å². The van der Waals surface area contributed by atoms with Gasteiger partial charge in [-0.1, -0.05) is 18.2 Å². The van der Waals surface area contributed by atoms with Gasteiger partial charge in [-0.05, 0) is 49.2 Å². The number of aromatic nitrogens is 3. The summed E-state index contributed by atoms with van der Waals surface area (Å²) in [6.45, 7) is 9.00. The van der Waals surface area contributed by atoms with E-state index in [9.17, 15) is 0 Å². The molecule has 4 aromatic rings. The molecule has 3 fully saturated rings. The summed E-state index contributed by atoms with van der Waals surface area (Å²) in [6.07, 6.45) is 4.68. The molecule has 3 aliphatic rings. The smallest absolute Gasteiger partial charge is 0.162 e. The molecular weight excluding hydrogens is 436 g/mol. The van der Waals surface area contributed by atoms with Crippen molar-refractivity contribution in [2.75, 3.05) is 57.4 Å². The van der Waals surface area contributed by atoms with Crippen molar-refractivity contribution < 1.29 is 4.74 Å².